The Morgan fingerprint density at radius 1 is 0.593 bits per heavy atom. The van der Waals surface area contributed by atoms with Crippen molar-refractivity contribution in [2.24, 2.45) is 0 Å². The molecule has 0 fully saturated rings. The van der Waals surface area contributed by atoms with Crippen LogP contribution in [0, 0.1) is 0 Å². The third-order valence-electron chi connectivity index (χ3n) is 3.80. The Bertz CT molecular complexity index is 343. The second-order valence-electron chi connectivity index (χ2n) is 6.51. The summed E-state index contributed by atoms with van der Waals surface area (Å²) in [5.74, 6) is -1.37. The Balaban J connectivity index is -0.000000411. The second kappa shape index (κ2) is 27.3. The molecular formula is C22H40O4Zn. The smallest absolute Gasteiger partial charge is 0.303 e. The third kappa shape index (κ3) is 36.7. The van der Waals surface area contributed by atoms with E-state index in [9.17, 15) is 9.59 Å². The summed E-state index contributed by atoms with van der Waals surface area (Å²) in [6, 6.07) is 0. The van der Waals surface area contributed by atoms with Crippen LogP contribution in [-0.4, -0.2) is 22.2 Å². The van der Waals surface area contributed by atoms with E-state index in [4.69, 9.17) is 10.2 Å². The molecular weight excluding hydrogens is 394 g/mol. The summed E-state index contributed by atoms with van der Waals surface area (Å²) in [6.45, 7) is 4.36. The van der Waals surface area contributed by atoms with E-state index >= 15 is 0 Å². The molecule has 2 N–H and O–H groups in total. The maximum atomic E-state index is 10.2. The number of carbonyl (C=O) groups is 2. The van der Waals surface area contributed by atoms with Gasteiger partial charge in [0.15, 0.2) is 0 Å². The molecule has 0 unspecified atom stereocenters. The van der Waals surface area contributed by atoms with Gasteiger partial charge in [0.1, 0.15) is 0 Å². The fourth-order valence-electron chi connectivity index (χ4n) is 2.19. The van der Waals surface area contributed by atoms with Gasteiger partial charge in [-0.3, -0.25) is 9.59 Å². The minimum atomic E-state index is -0.685. The fourth-order valence-corrected chi connectivity index (χ4v) is 2.19. The molecule has 4 nitrogen and oxygen atoms in total. The summed E-state index contributed by atoms with van der Waals surface area (Å²) in [6.07, 6.45) is 22.3. The van der Waals surface area contributed by atoms with Crippen LogP contribution in [0.15, 0.2) is 24.3 Å². The molecule has 0 bridgehead atoms. The maximum Gasteiger partial charge on any atom is 0.303 e. The molecule has 0 atom stereocenters. The molecule has 27 heavy (non-hydrogen) atoms. The number of rotatable bonds is 16. The Hall–Kier alpha value is -0.957. The number of hydrogen-bond donors (Lipinski definition) is 2. The van der Waals surface area contributed by atoms with Crippen molar-refractivity contribution in [2.45, 2.75) is 104 Å². The number of carboxylic acids is 2. The fraction of sp³-hybridized carbons (Fsp3) is 0.727. The van der Waals surface area contributed by atoms with Gasteiger partial charge in [0.25, 0.3) is 0 Å². The summed E-state index contributed by atoms with van der Waals surface area (Å²) in [5.41, 5.74) is 0. The van der Waals surface area contributed by atoms with E-state index in [2.05, 4.69) is 38.2 Å². The summed E-state index contributed by atoms with van der Waals surface area (Å²) < 4.78 is 0. The SMILES string of the molecule is CCCCC=CCCCCC(=O)O.CCCCC=CCCCCC(=O)O.[Zn]. The van der Waals surface area contributed by atoms with Gasteiger partial charge in [-0.05, 0) is 51.4 Å². The molecule has 0 aliphatic rings. The first-order chi connectivity index (χ1) is 12.5. The monoisotopic (exact) mass is 432 g/mol. The topological polar surface area (TPSA) is 74.6 Å². The Labute approximate surface area is 179 Å². The molecule has 154 valence electrons. The molecule has 0 amide bonds. The van der Waals surface area contributed by atoms with E-state index in [0.717, 1.165) is 51.4 Å². The molecule has 0 aromatic rings. The summed E-state index contributed by atoms with van der Waals surface area (Å²) in [5, 5.41) is 16.7. The van der Waals surface area contributed by atoms with Gasteiger partial charge in [-0.15, -0.1) is 0 Å². The van der Waals surface area contributed by atoms with Crippen LogP contribution in [0.2, 0.25) is 0 Å². The van der Waals surface area contributed by atoms with Gasteiger partial charge in [-0.2, -0.15) is 0 Å². The van der Waals surface area contributed by atoms with Gasteiger partial charge in [0.2, 0.25) is 0 Å². The van der Waals surface area contributed by atoms with Gasteiger partial charge in [0, 0.05) is 32.3 Å². The predicted octanol–water partition coefficient (Wildman–Crippen LogP) is 6.75. The van der Waals surface area contributed by atoms with Crippen LogP contribution in [0.5, 0.6) is 0 Å². The molecule has 0 radical (unpaired) electrons. The van der Waals surface area contributed by atoms with Gasteiger partial charge in [-0.1, -0.05) is 63.8 Å². The van der Waals surface area contributed by atoms with E-state index in [0.29, 0.717) is 12.8 Å². The first-order valence-electron chi connectivity index (χ1n) is 10.3. The van der Waals surface area contributed by atoms with Crippen molar-refractivity contribution in [3.05, 3.63) is 24.3 Å². The molecule has 0 aromatic carbocycles. The minimum absolute atomic E-state index is 0. The van der Waals surface area contributed by atoms with Crippen molar-refractivity contribution in [1.29, 1.82) is 0 Å². The average molecular weight is 434 g/mol. The molecule has 5 heteroatoms. The number of aliphatic carboxylic acids is 2. The molecule has 0 aromatic heterocycles. The Kier molecular flexibility index (Phi) is 31.1. The molecule has 0 saturated carbocycles. The van der Waals surface area contributed by atoms with E-state index in [1.54, 1.807) is 0 Å². The molecule has 0 saturated heterocycles. The number of unbranched alkanes of at least 4 members (excludes halogenated alkanes) is 8. The summed E-state index contributed by atoms with van der Waals surface area (Å²) in [4.78, 5) is 20.3. The van der Waals surface area contributed by atoms with Crippen LogP contribution in [0.1, 0.15) is 104 Å². The second-order valence-corrected chi connectivity index (χ2v) is 6.51. The Morgan fingerprint density at radius 2 is 0.889 bits per heavy atom. The minimum Gasteiger partial charge on any atom is -0.481 e. The van der Waals surface area contributed by atoms with Crippen molar-refractivity contribution >= 4 is 11.9 Å². The zero-order valence-electron chi connectivity index (χ0n) is 17.6. The molecule has 0 spiro atoms. The van der Waals surface area contributed by atoms with Gasteiger partial charge >= 0.3 is 11.9 Å². The summed E-state index contributed by atoms with van der Waals surface area (Å²) >= 11 is 0. The normalized spacial score (nSPS) is 10.4. The molecule has 0 rings (SSSR count). The van der Waals surface area contributed by atoms with Gasteiger partial charge in [-0.25, -0.2) is 0 Å². The molecule has 0 heterocycles. The van der Waals surface area contributed by atoms with Crippen molar-refractivity contribution in [1.82, 2.24) is 0 Å². The van der Waals surface area contributed by atoms with Crippen LogP contribution in [0.3, 0.4) is 0 Å². The largest absolute Gasteiger partial charge is 0.481 e. The quantitative estimate of drug-likeness (QED) is 0.160. The van der Waals surface area contributed by atoms with Crippen LogP contribution in [-0.2, 0) is 29.1 Å². The van der Waals surface area contributed by atoms with E-state index in [1.165, 1.54) is 25.7 Å². The van der Waals surface area contributed by atoms with Crippen molar-refractivity contribution < 1.29 is 39.3 Å². The van der Waals surface area contributed by atoms with Crippen LogP contribution >= 0.6 is 0 Å². The van der Waals surface area contributed by atoms with Gasteiger partial charge < -0.3 is 10.2 Å². The van der Waals surface area contributed by atoms with E-state index < -0.39 is 11.9 Å². The van der Waals surface area contributed by atoms with Gasteiger partial charge in [0.05, 0.1) is 0 Å². The molecule has 0 aliphatic heterocycles. The van der Waals surface area contributed by atoms with Crippen LogP contribution in [0.25, 0.3) is 0 Å². The predicted molar refractivity (Wildman–Crippen MR) is 110 cm³/mol. The number of carboxylic acid groups (broad SMARTS) is 2. The van der Waals surface area contributed by atoms with E-state index in [-0.39, 0.29) is 19.5 Å². The Morgan fingerprint density at radius 3 is 1.15 bits per heavy atom. The first kappa shape index (κ1) is 30.8. The van der Waals surface area contributed by atoms with Crippen molar-refractivity contribution in [3.8, 4) is 0 Å². The van der Waals surface area contributed by atoms with E-state index in [1.807, 2.05) is 0 Å². The third-order valence-corrected chi connectivity index (χ3v) is 3.80. The van der Waals surface area contributed by atoms with Crippen LogP contribution in [0.4, 0.5) is 0 Å². The van der Waals surface area contributed by atoms with Crippen molar-refractivity contribution in [3.63, 3.8) is 0 Å². The number of allylic oxidation sites excluding steroid dienone is 4. The first-order valence-corrected chi connectivity index (χ1v) is 10.3. The maximum absolute atomic E-state index is 10.2. The zero-order valence-corrected chi connectivity index (χ0v) is 20.6. The summed E-state index contributed by atoms with van der Waals surface area (Å²) in [7, 11) is 0. The zero-order chi connectivity index (χ0) is 19.9. The standard InChI is InChI=1S/2C11H20O2.Zn/c2*1-2-3-4-5-6-7-8-9-10-11(12)13;/h2*5-6H,2-4,7-10H2,1H3,(H,12,13);. The molecule has 0 aliphatic carbocycles. The van der Waals surface area contributed by atoms with Crippen LogP contribution < -0.4 is 0 Å². The number of hydrogen-bond acceptors (Lipinski definition) is 2. The van der Waals surface area contributed by atoms with Crippen molar-refractivity contribution in [2.75, 3.05) is 0 Å². The average Bonchev–Trinajstić information content (AvgIpc) is 2.60.